The maximum absolute atomic E-state index is 6.24. The van der Waals surface area contributed by atoms with Crippen molar-refractivity contribution in [3.05, 3.63) is 53.2 Å². The maximum Gasteiger partial charge on any atom is 0.139 e. The molecule has 1 N–H and O–H groups in total. The lowest BCUT2D eigenvalue weighted by atomic mass is 9.82. The Morgan fingerprint density at radius 1 is 1.08 bits per heavy atom. The lowest BCUT2D eigenvalue weighted by Gasteiger charge is -2.34. The fraction of sp³-hybridized carbons (Fsp3) is 0.409. The minimum atomic E-state index is -0.0781. The van der Waals surface area contributed by atoms with Gasteiger partial charge in [-0.05, 0) is 56.4 Å². The van der Waals surface area contributed by atoms with Crippen molar-refractivity contribution in [3.63, 3.8) is 0 Å². The molecular weight excluding hydrogens is 342 g/mol. The smallest absolute Gasteiger partial charge is 0.139 e. The van der Waals surface area contributed by atoms with Crippen LogP contribution in [0.3, 0.4) is 0 Å². The highest BCUT2D eigenvalue weighted by atomic mass is 35.5. The van der Waals surface area contributed by atoms with Gasteiger partial charge in [0.15, 0.2) is 0 Å². The Hall–Kier alpha value is -2.00. The van der Waals surface area contributed by atoms with Crippen molar-refractivity contribution in [3.8, 4) is 11.3 Å². The van der Waals surface area contributed by atoms with Crippen LogP contribution < -0.4 is 5.32 Å². The third-order valence-electron chi connectivity index (χ3n) is 4.29. The highest BCUT2D eigenvalue weighted by Crippen LogP contribution is 2.35. The Balaban J connectivity index is 2.15. The van der Waals surface area contributed by atoms with Crippen LogP contribution in [0.1, 0.15) is 46.6 Å². The van der Waals surface area contributed by atoms with Gasteiger partial charge in [-0.25, -0.2) is 4.98 Å². The monoisotopic (exact) mass is 369 g/mol. The van der Waals surface area contributed by atoms with Gasteiger partial charge in [0.25, 0.3) is 0 Å². The SMILES string of the molecule is Cc1ccc2nc(-c3cccc(Cl)c3)c(NC(C)(C)CC(C)(C)C)n2c1. The molecular formula is C22H28ClN3. The molecule has 3 nitrogen and oxygen atoms in total. The van der Waals surface area contributed by atoms with Crippen molar-refractivity contribution >= 4 is 23.1 Å². The lowest BCUT2D eigenvalue weighted by molar-refractivity contribution is 0.302. The Kier molecular flexibility index (Phi) is 4.78. The summed E-state index contributed by atoms with van der Waals surface area (Å²) >= 11 is 6.24. The number of nitrogens with zero attached hydrogens (tertiary/aromatic N) is 2. The fourth-order valence-corrected chi connectivity index (χ4v) is 3.99. The van der Waals surface area contributed by atoms with Gasteiger partial charge in [0, 0.05) is 22.3 Å². The number of imidazole rings is 1. The largest absolute Gasteiger partial charge is 0.364 e. The van der Waals surface area contributed by atoms with E-state index in [4.69, 9.17) is 16.6 Å². The number of aromatic nitrogens is 2. The molecule has 2 aromatic heterocycles. The zero-order valence-electron chi connectivity index (χ0n) is 16.5. The number of fused-ring (bicyclic) bond motifs is 1. The Morgan fingerprint density at radius 3 is 2.46 bits per heavy atom. The van der Waals surface area contributed by atoms with E-state index >= 15 is 0 Å². The van der Waals surface area contributed by atoms with E-state index in [2.05, 4.69) is 75.7 Å². The van der Waals surface area contributed by atoms with Crippen LogP contribution in [0, 0.1) is 12.3 Å². The van der Waals surface area contributed by atoms with Gasteiger partial charge in [0.1, 0.15) is 17.2 Å². The molecule has 0 fully saturated rings. The van der Waals surface area contributed by atoms with E-state index in [1.54, 1.807) is 0 Å². The number of anilines is 1. The molecule has 0 aliphatic rings. The summed E-state index contributed by atoms with van der Waals surface area (Å²) < 4.78 is 2.15. The van der Waals surface area contributed by atoms with Crippen molar-refractivity contribution < 1.29 is 0 Å². The molecule has 0 aliphatic carbocycles. The Bertz CT molecular complexity index is 932. The van der Waals surface area contributed by atoms with Crippen LogP contribution >= 0.6 is 11.6 Å². The first-order valence-corrected chi connectivity index (χ1v) is 9.45. The standard InChI is InChI=1S/C22H28ClN3/c1-15-10-11-18-24-19(16-8-7-9-17(23)12-16)20(26(18)13-15)25-22(5,6)14-21(2,3)4/h7-13,25H,14H2,1-6H3. The number of hydrogen-bond acceptors (Lipinski definition) is 2. The molecule has 3 aromatic rings. The first kappa shape index (κ1) is 18.8. The molecule has 0 unspecified atom stereocenters. The first-order chi connectivity index (χ1) is 12.0. The molecule has 0 saturated heterocycles. The normalized spacial score (nSPS) is 12.6. The quantitative estimate of drug-likeness (QED) is 0.562. The Labute approximate surface area is 161 Å². The molecule has 26 heavy (non-hydrogen) atoms. The zero-order valence-corrected chi connectivity index (χ0v) is 17.3. The van der Waals surface area contributed by atoms with Crippen molar-refractivity contribution in [1.29, 1.82) is 0 Å². The molecule has 0 bridgehead atoms. The van der Waals surface area contributed by atoms with E-state index in [0.717, 1.165) is 34.2 Å². The van der Waals surface area contributed by atoms with Crippen molar-refractivity contribution in [2.75, 3.05) is 5.32 Å². The number of rotatable bonds is 4. The minimum absolute atomic E-state index is 0.0781. The maximum atomic E-state index is 6.24. The summed E-state index contributed by atoms with van der Waals surface area (Å²) in [5.74, 6) is 1.01. The van der Waals surface area contributed by atoms with Crippen LogP contribution in [0.2, 0.25) is 5.02 Å². The summed E-state index contributed by atoms with van der Waals surface area (Å²) in [5, 5.41) is 4.49. The summed E-state index contributed by atoms with van der Waals surface area (Å²) in [5.41, 5.74) is 4.23. The zero-order chi connectivity index (χ0) is 19.1. The molecule has 0 saturated carbocycles. The van der Waals surface area contributed by atoms with Crippen LogP contribution in [0.4, 0.5) is 5.82 Å². The molecule has 3 rings (SSSR count). The van der Waals surface area contributed by atoms with Gasteiger partial charge >= 0.3 is 0 Å². The van der Waals surface area contributed by atoms with Crippen LogP contribution in [0.25, 0.3) is 16.9 Å². The van der Waals surface area contributed by atoms with E-state index in [-0.39, 0.29) is 11.0 Å². The molecule has 0 atom stereocenters. The summed E-state index contributed by atoms with van der Waals surface area (Å²) in [7, 11) is 0. The second-order valence-corrected chi connectivity index (χ2v) is 9.44. The van der Waals surface area contributed by atoms with Gasteiger partial charge in [-0.15, -0.1) is 0 Å². The first-order valence-electron chi connectivity index (χ1n) is 9.07. The molecule has 0 aliphatic heterocycles. The van der Waals surface area contributed by atoms with Crippen LogP contribution in [-0.4, -0.2) is 14.9 Å². The molecule has 2 heterocycles. The molecule has 1 aromatic carbocycles. The third kappa shape index (κ3) is 4.21. The summed E-state index contributed by atoms with van der Waals surface area (Å²) in [6.07, 6.45) is 3.17. The average molecular weight is 370 g/mol. The number of benzene rings is 1. The minimum Gasteiger partial charge on any atom is -0.364 e. The molecule has 138 valence electrons. The highest BCUT2D eigenvalue weighted by Gasteiger charge is 2.28. The van der Waals surface area contributed by atoms with Crippen LogP contribution in [0.5, 0.6) is 0 Å². The van der Waals surface area contributed by atoms with Crippen LogP contribution in [0.15, 0.2) is 42.6 Å². The number of halogens is 1. The molecule has 0 amide bonds. The van der Waals surface area contributed by atoms with Gasteiger partial charge in [-0.3, -0.25) is 4.40 Å². The van der Waals surface area contributed by atoms with Crippen molar-refractivity contribution in [2.45, 2.75) is 53.5 Å². The average Bonchev–Trinajstić information content (AvgIpc) is 2.82. The van der Waals surface area contributed by atoms with Crippen LogP contribution in [-0.2, 0) is 0 Å². The van der Waals surface area contributed by atoms with E-state index < -0.39 is 0 Å². The number of nitrogens with one attached hydrogen (secondary N) is 1. The topological polar surface area (TPSA) is 29.3 Å². The molecule has 4 heteroatoms. The van der Waals surface area contributed by atoms with E-state index in [9.17, 15) is 0 Å². The summed E-state index contributed by atoms with van der Waals surface area (Å²) in [6, 6.07) is 12.0. The van der Waals surface area contributed by atoms with Gasteiger partial charge in [-0.1, -0.05) is 50.6 Å². The van der Waals surface area contributed by atoms with Gasteiger partial charge < -0.3 is 5.32 Å². The predicted molar refractivity (Wildman–Crippen MR) is 112 cm³/mol. The third-order valence-corrected chi connectivity index (χ3v) is 4.53. The number of pyridine rings is 1. The van der Waals surface area contributed by atoms with E-state index in [0.29, 0.717) is 0 Å². The second kappa shape index (κ2) is 6.62. The molecule has 0 radical (unpaired) electrons. The molecule has 0 spiro atoms. The van der Waals surface area contributed by atoms with Gasteiger partial charge in [-0.2, -0.15) is 0 Å². The van der Waals surface area contributed by atoms with Gasteiger partial charge in [0.2, 0.25) is 0 Å². The summed E-state index contributed by atoms with van der Waals surface area (Å²) in [6.45, 7) is 13.4. The number of hydrogen-bond donors (Lipinski definition) is 1. The lowest BCUT2D eigenvalue weighted by Crippen LogP contribution is -2.36. The Morgan fingerprint density at radius 2 is 1.81 bits per heavy atom. The van der Waals surface area contributed by atoms with Gasteiger partial charge in [0.05, 0.1) is 0 Å². The fourth-order valence-electron chi connectivity index (χ4n) is 3.80. The summed E-state index contributed by atoms with van der Waals surface area (Å²) in [4.78, 5) is 4.89. The van der Waals surface area contributed by atoms with Crippen molar-refractivity contribution in [2.24, 2.45) is 5.41 Å². The highest BCUT2D eigenvalue weighted by molar-refractivity contribution is 6.30. The van der Waals surface area contributed by atoms with E-state index in [1.807, 2.05) is 18.2 Å². The van der Waals surface area contributed by atoms with Crippen molar-refractivity contribution in [1.82, 2.24) is 9.38 Å². The number of aryl methyl sites for hydroxylation is 1. The van der Waals surface area contributed by atoms with E-state index in [1.165, 1.54) is 5.56 Å². The predicted octanol–water partition coefficient (Wildman–Crippen LogP) is 6.59. The second-order valence-electron chi connectivity index (χ2n) is 9.00.